The van der Waals surface area contributed by atoms with Crippen molar-refractivity contribution in [1.29, 1.82) is 0 Å². The van der Waals surface area contributed by atoms with Crippen molar-refractivity contribution in [3.8, 4) is 0 Å². The van der Waals surface area contributed by atoms with E-state index in [4.69, 9.17) is 4.74 Å². The maximum atomic E-state index is 13.3. The lowest BCUT2D eigenvalue weighted by atomic mass is 10.2. The van der Waals surface area contributed by atoms with E-state index in [9.17, 15) is 13.2 Å². The number of fused-ring (bicyclic) bond motifs is 1. The highest BCUT2D eigenvalue weighted by molar-refractivity contribution is 7.90. The van der Waals surface area contributed by atoms with Crippen molar-refractivity contribution in [2.24, 2.45) is 0 Å². The minimum Gasteiger partial charge on any atom is -0.379 e. The van der Waals surface area contributed by atoms with Crippen molar-refractivity contribution in [1.82, 2.24) is 9.88 Å². The molecule has 0 spiro atoms. The van der Waals surface area contributed by atoms with Gasteiger partial charge in [0.25, 0.3) is 5.91 Å². The molecule has 0 saturated carbocycles. The Kier molecular flexibility index (Phi) is 6.14. The Morgan fingerprint density at radius 1 is 1.17 bits per heavy atom. The van der Waals surface area contributed by atoms with Gasteiger partial charge < -0.3 is 4.74 Å². The Hall–Kier alpha value is -2.33. The molecule has 1 aliphatic rings. The largest absolute Gasteiger partial charge is 0.379 e. The summed E-state index contributed by atoms with van der Waals surface area (Å²) in [7, 11) is -3.31. The number of ether oxygens (including phenoxy) is 1. The summed E-state index contributed by atoms with van der Waals surface area (Å²) in [4.78, 5) is 22.1. The zero-order chi connectivity index (χ0) is 21.1. The Bertz CT molecular complexity index is 1140. The third kappa shape index (κ3) is 4.70. The number of benzene rings is 2. The highest BCUT2D eigenvalue weighted by Crippen LogP contribution is 2.31. The first-order valence-corrected chi connectivity index (χ1v) is 12.4. The van der Waals surface area contributed by atoms with Crippen molar-refractivity contribution in [3.63, 3.8) is 0 Å². The standard InChI is InChI=1S/C21H23N3O4S2/c1-30(26,27)17-7-8-18-19(15-17)29-21(22-18)24(10-9-23-11-13-28-14-12-23)20(25)16-5-3-2-4-6-16/h2-8,15H,9-14H2,1H3. The van der Waals surface area contributed by atoms with Crippen LogP contribution in [0.3, 0.4) is 0 Å². The van der Waals surface area contributed by atoms with Gasteiger partial charge in [-0.25, -0.2) is 13.4 Å². The van der Waals surface area contributed by atoms with Crippen molar-refractivity contribution in [2.45, 2.75) is 4.90 Å². The number of anilines is 1. The van der Waals surface area contributed by atoms with E-state index in [-0.39, 0.29) is 10.8 Å². The number of nitrogens with zero attached hydrogens (tertiary/aromatic N) is 3. The van der Waals surface area contributed by atoms with Crippen LogP contribution in [0.25, 0.3) is 10.2 Å². The number of sulfone groups is 1. The van der Waals surface area contributed by atoms with Crippen LogP contribution in [0.4, 0.5) is 5.13 Å². The molecule has 0 unspecified atom stereocenters. The van der Waals surface area contributed by atoms with E-state index < -0.39 is 9.84 Å². The van der Waals surface area contributed by atoms with E-state index in [1.807, 2.05) is 18.2 Å². The third-order valence-corrected chi connectivity index (χ3v) is 7.17. The molecule has 158 valence electrons. The normalized spacial score (nSPS) is 15.4. The number of rotatable bonds is 6. The van der Waals surface area contributed by atoms with Crippen LogP contribution < -0.4 is 4.90 Å². The Balaban J connectivity index is 1.66. The third-order valence-electron chi connectivity index (χ3n) is 5.02. The molecular formula is C21H23N3O4S2. The van der Waals surface area contributed by atoms with Crippen molar-refractivity contribution < 1.29 is 17.9 Å². The van der Waals surface area contributed by atoms with E-state index in [1.54, 1.807) is 35.2 Å². The monoisotopic (exact) mass is 445 g/mol. The number of hydrogen-bond donors (Lipinski definition) is 0. The second kappa shape index (κ2) is 8.81. The Morgan fingerprint density at radius 2 is 1.90 bits per heavy atom. The van der Waals surface area contributed by atoms with Crippen LogP contribution >= 0.6 is 11.3 Å². The number of carbonyl (C=O) groups is 1. The zero-order valence-corrected chi connectivity index (χ0v) is 18.3. The number of aromatic nitrogens is 1. The van der Waals surface area contributed by atoms with Crippen LogP contribution in [0.15, 0.2) is 53.4 Å². The fraction of sp³-hybridized carbons (Fsp3) is 0.333. The predicted molar refractivity (Wildman–Crippen MR) is 118 cm³/mol. The molecule has 9 heteroatoms. The van der Waals surface area contributed by atoms with Gasteiger partial charge in [0.05, 0.1) is 28.3 Å². The fourth-order valence-electron chi connectivity index (χ4n) is 3.33. The van der Waals surface area contributed by atoms with Gasteiger partial charge in [-0.05, 0) is 30.3 Å². The molecule has 0 bridgehead atoms. The summed E-state index contributed by atoms with van der Waals surface area (Å²) in [5, 5.41) is 0.567. The lowest BCUT2D eigenvalue weighted by Gasteiger charge is -2.29. The molecule has 0 radical (unpaired) electrons. The summed E-state index contributed by atoms with van der Waals surface area (Å²) in [5.41, 5.74) is 1.27. The first-order chi connectivity index (χ1) is 14.4. The van der Waals surface area contributed by atoms with Crippen molar-refractivity contribution in [2.75, 3.05) is 50.5 Å². The van der Waals surface area contributed by atoms with E-state index in [0.29, 0.717) is 42.5 Å². The number of carbonyl (C=O) groups excluding carboxylic acids is 1. The summed E-state index contributed by atoms with van der Waals surface area (Å²) >= 11 is 1.33. The molecule has 2 aromatic carbocycles. The van der Waals surface area contributed by atoms with Gasteiger partial charge in [0.2, 0.25) is 0 Å². The second-order valence-electron chi connectivity index (χ2n) is 7.17. The summed E-state index contributed by atoms with van der Waals surface area (Å²) in [6, 6.07) is 14.0. The first kappa shape index (κ1) is 20.9. The van der Waals surface area contributed by atoms with Crippen LogP contribution in [-0.4, -0.2) is 69.9 Å². The van der Waals surface area contributed by atoms with Gasteiger partial charge in [-0.2, -0.15) is 0 Å². The maximum absolute atomic E-state index is 13.3. The quantitative estimate of drug-likeness (QED) is 0.580. The van der Waals surface area contributed by atoms with Gasteiger partial charge >= 0.3 is 0 Å². The maximum Gasteiger partial charge on any atom is 0.260 e. The summed E-state index contributed by atoms with van der Waals surface area (Å²) in [5.74, 6) is -0.119. The average molecular weight is 446 g/mol. The van der Waals surface area contributed by atoms with E-state index in [0.717, 1.165) is 17.8 Å². The van der Waals surface area contributed by atoms with Gasteiger partial charge in [-0.3, -0.25) is 14.6 Å². The Morgan fingerprint density at radius 3 is 2.60 bits per heavy atom. The van der Waals surface area contributed by atoms with E-state index in [2.05, 4.69) is 9.88 Å². The molecule has 1 fully saturated rings. The molecule has 4 rings (SSSR count). The molecule has 0 atom stereocenters. The van der Waals surface area contributed by atoms with Crippen LogP contribution in [0.2, 0.25) is 0 Å². The SMILES string of the molecule is CS(=O)(=O)c1ccc2nc(N(CCN3CCOCC3)C(=O)c3ccccc3)sc2c1. The minimum absolute atomic E-state index is 0.119. The summed E-state index contributed by atoms with van der Waals surface area (Å²) in [6.45, 7) is 4.28. The van der Waals surface area contributed by atoms with Gasteiger partial charge in [0.1, 0.15) is 0 Å². The molecule has 3 aromatic rings. The van der Waals surface area contributed by atoms with Gasteiger partial charge in [0, 0.05) is 38.0 Å². The smallest absolute Gasteiger partial charge is 0.260 e. The molecule has 0 aliphatic carbocycles. The molecule has 2 heterocycles. The number of hydrogen-bond acceptors (Lipinski definition) is 7. The molecule has 7 nitrogen and oxygen atoms in total. The van der Waals surface area contributed by atoms with E-state index >= 15 is 0 Å². The van der Waals surface area contributed by atoms with Crippen LogP contribution in [-0.2, 0) is 14.6 Å². The zero-order valence-electron chi connectivity index (χ0n) is 16.7. The highest BCUT2D eigenvalue weighted by atomic mass is 32.2. The molecular weight excluding hydrogens is 422 g/mol. The molecule has 1 aliphatic heterocycles. The lowest BCUT2D eigenvalue weighted by molar-refractivity contribution is 0.0391. The second-order valence-corrected chi connectivity index (χ2v) is 10.2. The number of thiazole rings is 1. The summed E-state index contributed by atoms with van der Waals surface area (Å²) in [6.07, 6.45) is 1.18. The van der Waals surface area contributed by atoms with Crippen LogP contribution in [0.1, 0.15) is 10.4 Å². The molecule has 30 heavy (non-hydrogen) atoms. The predicted octanol–water partition coefficient (Wildman–Crippen LogP) is 2.68. The minimum atomic E-state index is -3.31. The molecule has 1 aromatic heterocycles. The molecule has 1 amide bonds. The first-order valence-electron chi connectivity index (χ1n) is 9.69. The fourth-order valence-corrected chi connectivity index (χ4v) is 5.08. The lowest BCUT2D eigenvalue weighted by Crippen LogP contribution is -2.43. The Labute approximate surface area is 179 Å². The number of morpholine rings is 1. The van der Waals surface area contributed by atoms with E-state index in [1.165, 1.54) is 17.6 Å². The van der Waals surface area contributed by atoms with Gasteiger partial charge in [-0.15, -0.1) is 0 Å². The topological polar surface area (TPSA) is 79.8 Å². The van der Waals surface area contributed by atoms with Crippen LogP contribution in [0, 0.1) is 0 Å². The summed E-state index contributed by atoms with van der Waals surface area (Å²) < 4.78 is 29.9. The number of amides is 1. The van der Waals surface area contributed by atoms with Crippen molar-refractivity contribution >= 4 is 42.4 Å². The van der Waals surface area contributed by atoms with Gasteiger partial charge in [-0.1, -0.05) is 29.5 Å². The molecule has 1 saturated heterocycles. The van der Waals surface area contributed by atoms with Gasteiger partial charge in [0.15, 0.2) is 15.0 Å². The molecule has 0 N–H and O–H groups in total. The van der Waals surface area contributed by atoms with Crippen LogP contribution in [0.5, 0.6) is 0 Å². The average Bonchev–Trinajstić information content (AvgIpc) is 3.17. The highest BCUT2D eigenvalue weighted by Gasteiger charge is 2.23. The van der Waals surface area contributed by atoms with Crippen molar-refractivity contribution in [3.05, 3.63) is 54.1 Å².